The fraction of sp³-hybridized carbons (Fsp3) is 0.0769. The zero-order valence-corrected chi connectivity index (χ0v) is 11.6. The summed E-state index contributed by atoms with van der Waals surface area (Å²) in [7, 11) is 0. The molecule has 0 aliphatic rings. The van der Waals surface area contributed by atoms with Crippen LogP contribution in [0.1, 0.15) is 5.56 Å². The second kappa shape index (κ2) is 5.70. The molecule has 0 saturated heterocycles. The van der Waals surface area contributed by atoms with Gasteiger partial charge in [0.15, 0.2) is 0 Å². The van der Waals surface area contributed by atoms with E-state index in [9.17, 15) is 0 Å². The highest BCUT2D eigenvalue weighted by atomic mass is 35.5. The van der Waals surface area contributed by atoms with Gasteiger partial charge in [-0.15, -0.1) is 0 Å². The highest BCUT2D eigenvalue weighted by molar-refractivity contribution is 6.35. The van der Waals surface area contributed by atoms with Gasteiger partial charge in [-0.25, -0.2) is 0 Å². The molecule has 0 fully saturated rings. The van der Waals surface area contributed by atoms with E-state index < -0.39 is 0 Å². The molecule has 0 aromatic heterocycles. The molecule has 2 rings (SSSR count). The summed E-state index contributed by atoms with van der Waals surface area (Å²) in [6, 6.07) is 10.3. The average Bonchev–Trinajstić information content (AvgIpc) is 2.30. The molecule has 0 heterocycles. The van der Waals surface area contributed by atoms with Gasteiger partial charge in [-0.1, -0.05) is 40.9 Å². The van der Waals surface area contributed by atoms with Crippen LogP contribution in [0.2, 0.25) is 15.1 Å². The van der Waals surface area contributed by atoms with Gasteiger partial charge in [0, 0.05) is 20.6 Å². The maximum absolute atomic E-state index is 6.04. The van der Waals surface area contributed by atoms with Crippen LogP contribution < -0.4 is 10.5 Å². The molecule has 2 N–H and O–H groups in total. The molecule has 2 nitrogen and oxygen atoms in total. The molecule has 0 bridgehead atoms. The number of benzene rings is 2. The lowest BCUT2D eigenvalue weighted by Crippen LogP contribution is -1.99. The molecule has 18 heavy (non-hydrogen) atoms. The van der Waals surface area contributed by atoms with Crippen LogP contribution in [-0.2, 0) is 6.61 Å². The lowest BCUT2D eigenvalue weighted by atomic mass is 10.2. The number of rotatable bonds is 3. The lowest BCUT2D eigenvalue weighted by Gasteiger charge is -2.10. The Morgan fingerprint density at radius 1 is 0.944 bits per heavy atom. The van der Waals surface area contributed by atoms with Gasteiger partial charge in [0.2, 0.25) is 0 Å². The van der Waals surface area contributed by atoms with Crippen molar-refractivity contribution in [3.05, 3.63) is 57.0 Å². The molecule has 0 saturated carbocycles. The van der Waals surface area contributed by atoms with Crippen LogP contribution in [0.5, 0.6) is 5.75 Å². The van der Waals surface area contributed by atoms with Gasteiger partial charge in [0.05, 0.1) is 5.69 Å². The van der Waals surface area contributed by atoms with Gasteiger partial charge in [-0.3, -0.25) is 0 Å². The van der Waals surface area contributed by atoms with E-state index in [0.717, 1.165) is 5.56 Å². The van der Waals surface area contributed by atoms with Crippen molar-refractivity contribution in [3.63, 3.8) is 0 Å². The zero-order chi connectivity index (χ0) is 13.1. The summed E-state index contributed by atoms with van der Waals surface area (Å²) in [5.74, 6) is 0.574. The van der Waals surface area contributed by atoms with Crippen molar-refractivity contribution in [2.24, 2.45) is 0 Å². The molecule has 0 radical (unpaired) electrons. The van der Waals surface area contributed by atoms with Crippen LogP contribution in [0.25, 0.3) is 0 Å². The molecule has 0 spiro atoms. The van der Waals surface area contributed by atoms with Crippen molar-refractivity contribution < 1.29 is 4.74 Å². The zero-order valence-electron chi connectivity index (χ0n) is 9.29. The average molecular weight is 303 g/mol. The maximum atomic E-state index is 6.04. The molecule has 0 atom stereocenters. The fourth-order valence-corrected chi connectivity index (χ4v) is 2.09. The van der Waals surface area contributed by atoms with E-state index >= 15 is 0 Å². The number of anilines is 1. The van der Waals surface area contributed by atoms with E-state index in [4.69, 9.17) is 45.3 Å². The number of nitrogen functional groups attached to an aromatic ring is 1. The first-order valence-electron chi connectivity index (χ1n) is 5.18. The Labute approximate surface area is 120 Å². The van der Waals surface area contributed by atoms with Crippen molar-refractivity contribution in [1.29, 1.82) is 0 Å². The summed E-state index contributed by atoms with van der Waals surface area (Å²) < 4.78 is 5.59. The molecule has 0 unspecified atom stereocenters. The van der Waals surface area contributed by atoms with Gasteiger partial charge < -0.3 is 10.5 Å². The minimum Gasteiger partial charge on any atom is -0.487 e. The monoisotopic (exact) mass is 301 g/mol. The first kappa shape index (κ1) is 13.3. The lowest BCUT2D eigenvalue weighted by molar-refractivity contribution is 0.308. The Bertz CT molecular complexity index is 521. The second-order valence-electron chi connectivity index (χ2n) is 3.71. The SMILES string of the molecule is Nc1cc(Cl)ccc1OCc1ccc(Cl)cc1Cl. The first-order valence-corrected chi connectivity index (χ1v) is 6.31. The van der Waals surface area contributed by atoms with Crippen LogP contribution in [0.4, 0.5) is 5.69 Å². The second-order valence-corrected chi connectivity index (χ2v) is 4.99. The Morgan fingerprint density at radius 3 is 2.28 bits per heavy atom. The van der Waals surface area contributed by atoms with E-state index in [2.05, 4.69) is 0 Å². The van der Waals surface area contributed by atoms with Crippen molar-refractivity contribution >= 4 is 40.5 Å². The molecular weight excluding hydrogens is 293 g/mol. The van der Waals surface area contributed by atoms with Crippen molar-refractivity contribution in [3.8, 4) is 5.75 Å². The number of hydrogen-bond donors (Lipinski definition) is 1. The predicted molar refractivity (Wildman–Crippen MR) is 76.7 cm³/mol. The summed E-state index contributed by atoms with van der Waals surface area (Å²) in [6.07, 6.45) is 0. The van der Waals surface area contributed by atoms with Gasteiger partial charge in [-0.05, 0) is 30.3 Å². The highest BCUT2D eigenvalue weighted by Gasteiger charge is 2.05. The van der Waals surface area contributed by atoms with Crippen LogP contribution in [0.3, 0.4) is 0 Å². The van der Waals surface area contributed by atoms with E-state index in [0.29, 0.717) is 33.1 Å². The Balaban J connectivity index is 2.11. The van der Waals surface area contributed by atoms with Crippen LogP contribution in [0.15, 0.2) is 36.4 Å². The molecule has 0 amide bonds. The van der Waals surface area contributed by atoms with Gasteiger partial charge in [0.25, 0.3) is 0 Å². The molecular formula is C13H10Cl3NO. The highest BCUT2D eigenvalue weighted by Crippen LogP contribution is 2.27. The minimum absolute atomic E-state index is 0.321. The molecule has 2 aromatic rings. The van der Waals surface area contributed by atoms with E-state index in [1.807, 2.05) is 6.07 Å². The summed E-state index contributed by atoms with van der Waals surface area (Å²) in [6.45, 7) is 0.321. The van der Waals surface area contributed by atoms with E-state index in [1.54, 1.807) is 30.3 Å². The van der Waals surface area contributed by atoms with Crippen molar-refractivity contribution in [1.82, 2.24) is 0 Å². The summed E-state index contributed by atoms with van der Waals surface area (Å²) in [5, 5.41) is 1.73. The van der Waals surface area contributed by atoms with E-state index in [-0.39, 0.29) is 0 Å². The Hall–Kier alpha value is -1.09. The molecule has 0 aliphatic carbocycles. The van der Waals surface area contributed by atoms with Crippen LogP contribution in [-0.4, -0.2) is 0 Å². The van der Waals surface area contributed by atoms with Crippen molar-refractivity contribution in [2.45, 2.75) is 6.61 Å². The third-order valence-corrected chi connectivity index (χ3v) is 3.19. The fourth-order valence-electron chi connectivity index (χ4n) is 1.45. The number of halogens is 3. The topological polar surface area (TPSA) is 35.2 Å². The van der Waals surface area contributed by atoms with Crippen LogP contribution >= 0.6 is 34.8 Å². The normalized spacial score (nSPS) is 10.4. The minimum atomic E-state index is 0.321. The summed E-state index contributed by atoms with van der Waals surface area (Å²) in [4.78, 5) is 0. The molecule has 5 heteroatoms. The standard InChI is InChI=1S/C13H10Cl3NO/c14-9-2-1-8(11(16)5-9)7-18-13-4-3-10(15)6-12(13)17/h1-6H,7,17H2. The number of hydrogen-bond acceptors (Lipinski definition) is 2. The molecule has 0 aliphatic heterocycles. The first-order chi connectivity index (χ1) is 8.56. The van der Waals surface area contributed by atoms with Gasteiger partial charge in [0.1, 0.15) is 12.4 Å². The Morgan fingerprint density at radius 2 is 1.61 bits per heavy atom. The molecule has 2 aromatic carbocycles. The van der Waals surface area contributed by atoms with Crippen LogP contribution in [0, 0.1) is 0 Å². The van der Waals surface area contributed by atoms with Gasteiger partial charge >= 0.3 is 0 Å². The summed E-state index contributed by atoms with van der Waals surface area (Å²) in [5.41, 5.74) is 7.12. The van der Waals surface area contributed by atoms with E-state index in [1.165, 1.54) is 0 Å². The smallest absolute Gasteiger partial charge is 0.142 e. The third-order valence-electron chi connectivity index (χ3n) is 2.37. The number of ether oxygens (including phenoxy) is 1. The molecule has 94 valence electrons. The third kappa shape index (κ3) is 3.22. The maximum Gasteiger partial charge on any atom is 0.142 e. The Kier molecular flexibility index (Phi) is 4.23. The van der Waals surface area contributed by atoms with Gasteiger partial charge in [-0.2, -0.15) is 0 Å². The van der Waals surface area contributed by atoms with Crippen molar-refractivity contribution in [2.75, 3.05) is 5.73 Å². The largest absolute Gasteiger partial charge is 0.487 e. The summed E-state index contributed by atoms with van der Waals surface area (Å²) >= 11 is 17.7. The quantitative estimate of drug-likeness (QED) is 0.826. The number of nitrogens with two attached hydrogens (primary N) is 1. The predicted octanol–water partition coefficient (Wildman–Crippen LogP) is 4.81.